The highest BCUT2D eigenvalue weighted by atomic mass is 32.2. The molecule has 1 amide bonds. The van der Waals surface area contributed by atoms with E-state index >= 15 is 0 Å². The minimum absolute atomic E-state index is 0.0104. The minimum atomic E-state index is -0.0104. The van der Waals surface area contributed by atoms with Crippen LogP contribution >= 0.6 is 23.1 Å². The summed E-state index contributed by atoms with van der Waals surface area (Å²) in [5, 5.41) is 0.799. The number of piperazine rings is 1. The van der Waals surface area contributed by atoms with Crippen molar-refractivity contribution < 1.29 is 4.79 Å². The molecule has 29 heavy (non-hydrogen) atoms. The van der Waals surface area contributed by atoms with Crippen molar-refractivity contribution in [1.29, 1.82) is 0 Å². The Morgan fingerprint density at radius 3 is 2.90 bits per heavy atom. The van der Waals surface area contributed by atoms with Gasteiger partial charge in [-0.3, -0.25) is 14.5 Å². The van der Waals surface area contributed by atoms with Gasteiger partial charge in [0, 0.05) is 56.2 Å². The number of nitrogens with one attached hydrogen (secondary N) is 1. The van der Waals surface area contributed by atoms with E-state index in [4.69, 9.17) is 6.42 Å². The van der Waals surface area contributed by atoms with E-state index in [1.165, 1.54) is 10.4 Å². The molecular weight excluding hydrogens is 404 g/mol. The van der Waals surface area contributed by atoms with Crippen molar-refractivity contribution >= 4 is 39.2 Å². The second kappa shape index (κ2) is 9.33. The molecule has 1 N–H and O–H groups in total. The van der Waals surface area contributed by atoms with Crippen molar-refractivity contribution in [2.45, 2.75) is 37.9 Å². The number of rotatable bonds is 7. The zero-order valence-corrected chi connectivity index (χ0v) is 18.2. The third kappa shape index (κ3) is 4.68. The average molecular weight is 431 g/mol. The first kappa shape index (κ1) is 20.5. The first-order valence-electron chi connectivity index (χ1n) is 10.2. The molecule has 0 radical (unpaired) electrons. The van der Waals surface area contributed by atoms with E-state index < -0.39 is 0 Å². The van der Waals surface area contributed by atoms with Crippen LogP contribution in [-0.4, -0.2) is 64.2 Å². The van der Waals surface area contributed by atoms with E-state index in [0.717, 1.165) is 74.4 Å². The van der Waals surface area contributed by atoms with Gasteiger partial charge in [-0.25, -0.2) is 4.98 Å². The van der Waals surface area contributed by atoms with Crippen LogP contribution in [0.4, 0.5) is 0 Å². The third-order valence-electron chi connectivity index (χ3n) is 5.62. The van der Waals surface area contributed by atoms with Crippen molar-refractivity contribution in [3.05, 3.63) is 26.6 Å². The molecule has 6 nitrogen and oxygen atoms in total. The molecule has 8 heteroatoms. The topological polar surface area (TPSA) is 69.3 Å². The van der Waals surface area contributed by atoms with Gasteiger partial charge in [-0.2, -0.15) is 11.8 Å². The number of aromatic amines is 1. The van der Waals surface area contributed by atoms with Gasteiger partial charge in [0.25, 0.3) is 5.56 Å². The maximum absolute atomic E-state index is 12.5. The second-order valence-electron chi connectivity index (χ2n) is 7.53. The number of amides is 1. The highest BCUT2D eigenvalue weighted by Crippen LogP contribution is 2.34. The summed E-state index contributed by atoms with van der Waals surface area (Å²) in [5.41, 5.74) is 1.20. The number of aromatic nitrogens is 2. The molecule has 3 heterocycles. The van der Waals surface area contributed by atoms with Crippen LogP contribution < -0.4 is 5.56 Å². The van der Waals surface area contributed by atoms with Gasteiger partial charge in [0.2, 0.25) is 5.91 Å². The van der Waals surface area contributed by atoms with Gasteiger partial charge >= 0.3 is 0 Å². The number of aryl methyl sites for hydroxylation is 2. The van der Waals surface area contributed by atoms with E-state index in [1.54, 1.807) is 23.1 Å². The van der Waals surface area contributed by atoms with Crippen molar-refractivity contribution in [2.24, 2.45) is 0 Å². The lowest BCUT2D eigenvalue weighted by atomic mass is 10.2. The summed E-state index contributed by atoms with van der Waals surface area (Å²) < 4.78 is 0. The molecular formula is C21H26N4O2S2. The summed E-state index contributed by atoms with van der Waals surface area (Å²) in [6.45, 7) is 4.27. The van der Waals surface area contributed by atoms with Crippen LogP contribution in [0.1, 0.15) is 35.5 Å². The minimum Gasteiger partial charge on any atom is -0.340 e. The van der Waals surface area contributed by atoms with E-state index in [2.05, 4.69) is 20.8 Å². The Bertz CT molecular complexity index is 983. The number of terminal acetylenes is 1. The Labute approximate surface area is 179 Å². The second-order valence-corrected chi connectivity index (χ2v) is 9.72. The van der Waals surface area contributed by atoms with Gasteiger partial charge in [-0.05, 0) is 24.8 Å². The predicted molar refractivity (Wildman–Crippen MR) is 120 cm³/mol. The van der Waals surface area contributed by atoms with E-state index in [0.29, 0.717) is 18.0 Å². The molecule has 0 bridgehead atoms. The molecule has 1 aliphatic carbocycles. The largest absolute Gasteiger partial charge is 0.340 e. The highest BCUT2D eigenvalue weighted by molar-refractivity contribution is 7.98. The Balaban J connectivity index is 1.23. The molecule has 2 aromatic rings. The molecule has 1 fully saturated rings. The summed E-state index contributed by atoms with van der Waals surface area (Å²) in [6.07, 6.45) is 9.81. The number of nitrogens with zero attached hydrogens (tertiary/aromatic N) is 3. The Morgan fingerprint density at radius 2 is 2.10 bits per heavy atom. The molecule has 154 valence electrons. The monoisotopic (exact) mass is 430 g/mol. The van der Waals surface area contributed by atoms with Crippen molar-refractivity contribution in [3.8, 4) is 12.3 Å². The van der Waals surface area contributed by atoms with Crippen molar-refractivity contribution in [1.82, 2.24) is 19.8 Å². The molecule has 2 aliphatic rings. The number of carbonyl (C=O) groups is 1. The summed E-state index contributed by atoms with van der Waals surface area (Å²) in [7, 11) is 0. The zero-order valence-electron chi connectivity index (χ0n) is 16.5. The van der Waals surface area contributed by atoms with Crippen molar-refractivity contribution in [3.63, 3.8) is 0 Å². The van der Waals surface area contributed by atoms with Gasteiger partial charge < -0.3 is 9.88 Å². The summed E-state index contributed by atoms with van der Waals surface area (Å²) in [4.78, 5) is 39.0. The number of thiophene rings is 1. The van der Waals surface area contributed by atoms with Gasteiger partial charge in [-0.1, -0.05) is 0 Å². The van der Waals surface area contributed by atoms with Crippen LogP contribution in [0, 0.1) is 12.3 Å². The summed E-state index contributed by atoms with van der Waals surface area (Å²) in [5.74, 6) is 4.95. The Hall–Kier alpha value is -1.82. The smallest absolute Gasteiger partial charge is 0.259 e. The number of fused-ring (bicyclic) bond motifs is 3. The fourth-order valence-electron chi connectivity index (χ4n) is 4.05. The lowest BCUT2D eigenvalue weighted by Crippen LogP contribution is -2.48. The number of hydrogen-bond acceptors (Lipinski definition) is 6. The molecule has 1 saturated heterocycles. The lowest BCUT2D eigenvalue weighted by Gasteiger charge is -2.34. The average Bonchev–Trinajstić information content (AvgIpc) is 3.30. The van der Waals surface area contributed by atoms with Crippen LogP contribution in [0.15, 0.2) is 4.79 Å². The molecule has 4 rings (SSSR count). The zero-order chi connectivity index (χ0) is 20.2. The summed E-state index contributed by atoms with van der Waals surface area (Å²) in [6, 6.07) is 0. The van der Waals surface area contributed by atoms with Gasteiger partial charge in [0.1, 0.15) is 10.7 Å². The SMILES string of the molecule is C#CCCN1CCN(C(=O)CCSCc2nc3sc4c(c3c(=O)[nH]2)CCC4)CC1. The lowest BCUT2D eigenvalue weighted by molar-refractivity contribution is -0.132. The van der Waals surface area contributed by atoms with E-state index in [1.807, 2.05) is 4.90 Å². The first-order chi connectivity index (χ1) is 14.2. The fourth-order valence-corrected chi connectivity index (χ4v) is 6.12. The Morgan fingerprint density at radius 1 is 1.28 bits per heavy atom. The normalized spacial score (nSPS) is 16.9. The third-order valence-corrected chi connectivity index (χ3v) is 7.78. The van der Waals surface area contributed by atoms with Crippen LogP contribution in [0.25, 0.3) is 10.2 Å². The van der Waals surface area contributed by atoms with Crippen LogP contribution in [0.3, 0.4) is 0 Å². The molecule has 0 saturated carbocycles. The quantitative estimate of drug-likeness (QED) is 0.539. The van der Waals surface area contributed by atoms with Crippen molar-refractivity contribution in [2.75, 3.05) is 38.5 Å². The molecule has 0 unspecified atom stereocenters. The molecule has 1 aliphatic heterocycles. The number of H-pyrrole nitrogens is 1. The van der Waals surface area contributed by atoms with Gasteiger partial charge in [0.05, 0.1) is 11.1 Å². The number of hydrogen-bond donors (Lipinski definition) is 1. The van der Waals surface area contributed by atoms with E-state index in [9.17, 15) is 9.59 Å². The number of carbonyl (C=O) groups excluding carboxylic acids is 1. The molecule has 0 atom stereocenters. The fraction of sp³-hybridized carbons (Fsp3) is 0.571. The maximum Gasteiger partial charge on any atom is 0.259 e. The molecule has 0 spiro atoms. The highest BCUT2D eigenvalue weighted by Gasteiger charge is 2.22. The first-order valence-corrected chi connectivity index (χ1v) is 12.2. The predicted octanol–water partition coefficient (Wildman–Crippen LogP) is 2.26. The van der Waals surface area contributed by atoms with E-state index in [-0.39, 0.29) is 11.5 Å². The number of thioether (sulfide) groups is 1. The van der Waals surface area contributed by atoms with Gasteiger partial charge in [0.15, 0.2) is 0 Å². The van der Waals surface area contributed by atoms with Crippen LogP contribution in [0.5, 0.6) is 0 Å². The van der Waals surface area contributed by atoms with Crippen LogP contribution in [-0.2, 0) is 23.4 Å². The standard InChI is InChI=1S/C21H26N4O2S2/c1-2-3-8-24-9-11-25(12-10-24)18(26)7-13-28-14-17-22-20(27)19-15-5-4-6-16(15)29-21(19)23-17/h1H,3-14H2,(H,22,23,27). The maximum atomic E-state index is 12.5. The van der Waals surface area contributed by atoms with Crippen LogP contribution in [0.2, 0.25) is 0 Å². The molecule has 2 aromatic heterocycles. The Kier molecular flexibility index (Phi) is 6.58. The van der Waals surface area contributed by atoms with Gasteiger partial charge in [-0.15, -0.1) is 23.7 Å². The molecule has 0 aromatic carbocycles. The summed E-state index contributed by atoms with van der Waals surface area (Å²) >= 11 is 3.32.